The molecular weight excluding hydrogens is 418 g/mol. The second kappa shape index (κ2) is 9.28. The van der Waals surface area contributed by atoms with E-state index in [1.54, 1.807) is 12.1 Å². The molecule has 2 aromatic rings. The summed E-state index contributed by atoms with van der Waals surface area (Å²) in [7, 11) is 0. The van der Waals surface area contributed by atoms with E-state index in [-0.39, 0.29) is 25.1 Å². The zero-order chi connectivity index (χ0) is 19.2. The third-order valence-corrected chi connectivity index (χ3v) is 5.11. The molecule has 0 aromatic heterocycles. The Kier molecular flexibility index (Phi) is 6.79. The summed E-state index contributed by atoms with van der Waals surface area (Å²) >= 11 is 3.34. The minimum atomic E-state index is -0.608. The lowest BCUT2D eigenvalue weighted by molar-refractivity contribution is -0.123. The molecule has 1 atom stereocenters. The summed E-state index contributed by atoms with van der Waals surface area (Å²) in [5, 5.41) is 2.81. The minimum absolute atomic E-state index is 0.125. The summed E-state index contributed by atoms with van der Waals surface area (Å²) in [6, 6.07) is 10.4. The fourth-order valence-corrected chi connectivity index (χ4v) is 3.47. The molecule has 4 nitrogen and oxygen atoms in total. The Labute approximate surface area is 165 Å². The fraction of sp³-hybridized carbons (Fsp3) is 0.350. The lowest BCUT2D eigenvalue weighted by atomic mass is 10.0. The van der Waals surface area contributed by atoms with Gasteiger partial charge in [0.05, 0.1) is 6.04 Å². The molecule has 7 heteroatoms. The maximum atomic E-state index is 14.3. The van der Waals surface area contributed by atoms with Crippen LogP contribution in [0.1, 0.15) is 24.4 Å². The van der Waals surface area contributed by atoms with Gasteiger partial charge in [-0.25, -0.2) is 8.78 Å². The molecule has 0 spiro atoms. The minimum Gasteiger partial charge on any atom is -0.484 e. The van der Waals surface area contributed by atoms with Crippen molar-refractivity contribution in [2.75, 3.05) is 26.2 Å². The van der Waals surface area contributed by atoms with Crippen LogP contribution in [-0.2, 0) is 4.79 Å². The number of hydrogen-bond donors (Lipinski definition) is 1. The van der Waals surface area contributed by atoms with Crippen molar-refractivity contribution >= 4 is 21.8 Å². The van der Waals surface area contributed by atoms with Crippen molar-refractivity contribution in [2.45, 2.75) is 18.9 Å². The molecule has 1 heterocycles. The summed E-state index contributed by atoms with van der Waals surface area (Å²) in [6.07, 6.45) is 2.06. The molecule has 1 saturated heterocycles. The predicted octanol–water partition coefficient (Wildman–Crippen LogP) is 4.06. The Morgan fingerprint density at radius 1 is 1.15 bits per heavy atom. The van der Waals surface area contributed by atoms with Crippen molar-refractivity contribution in [2.24, 2.45) is 0 Å². The van der Waals surface area contributed by atoms with Crippen LogP contribution in [0.5, 0.6) is 5.75 Å². The molecule has 0 bridgehead atoms. The van der Waals surface area contributed by atoms with E-state index >= 15 is 0 Å². The first kappa shape index (κ1) is 19.8. The van der Waals surface area contributed by atoms with Gasteiger partial charge in [-0.2, -0.15) is 0 Å². The predicted molar refractivity (Wildman–Crippen MR) is 103 cm³/mol. The zero-order valence-corrected chi connectivity index (χ0v) is 16.3. The van der Waals surface area contributed by atoms with Gasteiger partial charge in [0, 0.05) is 22.6 Å². The van der Waals surface area contributed by atoms with E-state index in [0.717, 1.165) is 36.5 Å². The monoisotopic (exact) mass is 438 g/mol. The van der Waals surface area contributed by atoms with Crippen molar-refractivity contribution in [3.63, 3.8) is 0 Å². The maximum Gasteiger partial charge on any atom is 0.258 e. The van der Waals surface area contributed by atoms with Gasteiger partial charge in [-0.3, -0.25) is 9.69 Å². The molecule has 1 amide bonds. The fourth-order valence-electron chi connectivity index (χ4n) is 3.20. The van der Waals surface area contributed by atoms with E-state index in [1.807, 2.05) is 12.1 Å². The second-order valence-electron chi connectivity index (χ2n) is 6.47. The third-order valence-electron chi connectivity index (χ3n) is 4.58. The number of nitrogens with zero attached hydrogens (tertiary/aromatic N) is 1. The highest BCUT2D eigenvalue weighted by atomic mass is 79.9. The van der Waals surface area contributed by atoms with Crippen LogP contribution in [-0.4, -0.2) is 37.0 Å². The van der Waals surface area contributed by atoms with Crippen LogP contribution >= 0.6 is 15.9 Å². The Morgan fingerprint density at radius 3 is 2.52 bits per heavy atom. The molecule has 144 valence electrons. The number of amides is 1. The Morgan fingerprint density at radius 2 is 1.85 bits per heavy atom. The summed E-state index contributed by atoms with van der Waals surface area (Å²) in [5.74, 6) is -0.894. The molecule has 0 saturated carbocycles. The van der Waals surface area contributed by atoms with Gasteiger partial charge in [-0.05, 0) is 56.3 Å². The van der Waals surface area contributed by atoms with Crippen molar-refractivity contribution in [1.82, 2.24) is 10.2 Å². The Hall–Kier alpha value is -1.99. The highest BCUT2D eigenvalue weighted by molar-refractivity contribution is 9.10. The molecule has 0 unspecified atom stereocenters. The number of carbonyl (C=O) groups excluding carboxylic acids is 1. The number of hydrogen-bond acceptors (Lipinski definition) is 3. The average molecular weight is 439 g/mol. The zero-order valence-electron chi connectivity index (χ0n) is 14.8. The average Bonchev–Trinajstić information content (AvgIpc) is 3.17. The number of halogens is 3. The highest BCUT2D eigenvalue weighted by Crippen LogP contribution is 2.27. The summed E-state index contributed by atoms with van der Waals surface area (Å²) in [6.45, 7) is 1.77. The lowest BCUT2D eigenvalue weighted by Crippen LogP contribution is -2.39. The van der Waals surface area contributed by atoms with Crippen molar-refractivity contribution in [1.29, 1.82) is 0 Å². The highest BCUT2D eigenvalue weighted by Gasteiger charge is 2.26. The first-order valence-corrected chi connectivity index (χ1v) is 9.66. The van der Waals surface area contributed by atoms with Crippen LogP contribution in [0.3, 0.4) is 0 Å². The van der Waals surface area contributed by atoms with Gasteiger partial charge in [0.15, 0.2) is 6.61 Å². The first-order valence-electron chi connectivity index (χ1n) is 8.87. The second-order valence-corrected chi connectivity index (χ2v) is 7.39. The smallest absolute Gasteiger partial charge is 0.258 e. The van der Waals surface area contributed by atoms with Gasteiger partial charge in [0.25, 0.3) is 5.91 Å². The molecule has 1 aliphatic rings. The number of nitrogens with one attached hydrogen (secondary N) is 1. The number of carbonyl (C=O) groups is 1. The van der Waals surface area contributed by atoms with Crippen molar-refractivity contribution in [3.8, 4) is 5.75 Å². The Bertz CT molecular complexity index is 780. The van der Waals surface area contributed by atoms with Gasteiger partial charge in [0.1, 0.15) is 17.4 Å². The molecule has 3 rings (SSSR count). The van der Waals surface area contributed by atoms with Crippen LogP contribution in [0.15, 0.2) is 46.9 Å². The summed E-state index contributed by atoms with van der Waals surface area (Å²) in [5.41, 5.74) is 0.396. The van der Waals surface area contributed by atoms with E-state index < -0.39 is 11.6 Å². The largest absolute Gasteiger partial charge is 0.484 e. The van der Waals surface area contributed by atoms with Crippen molar-refractivity contribution in [3.05, 3.63) is 64.1 Å². The van der Waals surface area contributed by atoms with E-state index in [4.69, 9.17) is 4.74 Å². The number of likely N-dealkylation sites (tertiary alicyclic amines) is 1. The van der Waals surface area contributed by atoms with E-state index in [2.05, 4.69) is 26.1 Å². The maximum absolute atomic E-state index is 14.3. The molecule has 1 aliphatic heterocycles. The standard InChI is InChI=1S/C20H21BrF2N2O2/c21-14-3-6-16(7-4-14)27-13-20(26)24-12-19(25-9-1-2-10-25)17-8-5-15(22)11-18(17)23/h3-8,11,19H,1-2,9-10,12-13H2,(H,24,26)/t19-/m0/s1. The van der Waals surface area contributed by atoms with Gasteiger partial charge < -0.3 is 10.1 Å². The van der Waals surface area contributed by atoms with Crippen LogP contribution < -0.4 is 10.1 Å². The lowest BCUT2D eigenvalue weighted by Gasteiger charge is -2.28. The van der Waals surface area contributed by atoms with Gasteiger partial charge in [-0.1, -0.05) is 22.0 Å². The third kappa shape index (κ3) is 5.49. The number of ether oxygens (including phenoxy) is 1. The number of rotatable bonds is 7. The summed E-state index contributed by atoms with van der Waals surface area (Å²) < 4.78 is 33.9. The van der Waals surface area contributed by atoms with Crippen LogP contribution in [0.4, 0.5) is 8.78 Å². The topological polar surface area (TPSA) is 41.6 Å². The normalized spacial score (nSPS) is 15.5. The van der Waals surface area contributed by atoms with Crippen LogP contribution in [0, 0.1) is 11.6 Å². The molecule has 2 aromatic carbocycles. The van der Waals surface area contributed by atoms with Gasteiger partial charge >= 0.3 is 0 Å². The molecule has 27 heavy (non-hydrogen) atoms. The van der Waals surface area contributed by atoms with Gasteiger partial charge in [-0.15, -0.1) is 0 Å². The first-order chi connectivity index (χ1) is 13.0. The molecular formula is C20H21BrF2N2O2. The Balaban J connectivity index is 1.60. The van der Waals surface area contributed by atoms with E-state index in [1.165, 1.54) is 12.1 Å². The molecule has 1 fully saturated rings. The van der Waals surface area contributed by atoms with Gasteiger partial charge in [0.2, 0.25) is 0 Å². The summed E-state index contributed by atoms with van der Waals surface area (Å²) in [4.78, 5) is 14.3. The van der Waals surface area contributed by atoms with Crippen molar-refractivity contribution < 1.29 is 18.3 Å². The number of benzene rings is 2. The molecule has 0 aliphatic carbocycles. The molecule has 0 radical (unpaired) electrons. The van der Waals surface area contributed by atoms with E-state index in [0.29, 0.717) is 11.3 Å². The quantitative estimate of drug-likeness (QED) is 0.708. The van der Waals surface area contributed by atoms with Crippen LogP contribution in [0.25, 0.3) is 0 Å². The molecule has 1 N–H and O–H groups in total. The van der Waals surface area contributed by atoms with Crippen LogP contribution in [0.2, 0.25) is 0 Å². The SMILES string of the molecule is O=C(COc1ccc(Br)cc1)NC[C@@H](c1ccc(F)cc1F)N1CCCC1. The van der Waals surface area contributed by atoms with E-state index in [9.17, 15) is 13.6 Å².